The fraction of sp³-hybridized carbons (Fsp3) is 0.440. The van der Waals surface area contributed by atoms with E-state index in [1.54, 1.807) is 59.8 Å². The molecule has 0 aliphatic carbocycles. The van der Waals surface area contributed by atoms with Crippen LogP contribution in [0.1, 0.15) is 58.8 Å². The van der Waals surface area contributed by atoms with Crippen LogP contribution in [-0.2, 0) is 14.2 Å². The third-order valence-corrected chi connectivity index (χ3v) is 3.71. The predicted molar refractivity (Wildman–Crippen MR) is 133 cm³/mol. The van der Waals surface area contributed by atoms with Gasteiger partial charge in [0.15, 0.2) is 0 Å². The summed E-state index contributed by atoms with van der Waals surface area (Å²) in [6, 6.07) is 6.00. The van der Waals surface area contributed by atoms with E-state index in [0.717, 1.165) is 0 Å². The van der Waals surface area contributed by atoms with E-state index < -0.39 is 29.4 Å². The molecule has 10 heteroatoms. The molecule has 1 rings (SSSR count). The standard InChI is InChI=1S/C25H35N3O7/c1-8-9-17(16-29)14-15-33-20(30)18-10-12-19(13-11-18)26-21(27-22(31)34-24(2,3)4)28-23(32)35-25(5,6)7/h8-14,29H,15-16H2,1-7H3,(H2,26,27,28,31,32)/b9-8-,17-14+. The molecule has 0 radical (unpaired) electrons. The molecule has 0 fully saturated rings. The van der Waals surface area contributed by atoms with Crippen molar-refractivity contribution in [2.24, 2.45) is 4.99 Å². The second-order valence-corrected chi connectivity index (χ2v) is 9.30. The van der Waals surface area contributed by atoms with Crippen molar-refractivity contribution in [3.63, 3.8) is 0 Å². The van der Waals surface area contributed by atoms with Crippen LogP contribution in [0.3, 0.4) is 0 Å². The number of guanidine groups is 1. The van der Waals surface area contributed by atoms with Gasteiger partial charge in [-0.05, 0) is 84.4 Å². The molecule has 192 valence electrons. The van der Waals surface area contributed by atoms with Crippen LogP contribution in [0.4, 0.5) is 15.3 Å². The molecule has 0 aliphatic heterocycles. The molecule has 0 unspecified atom stereocenters. The number of aliphatic hydroxyl groups is 1. The van der Waals surface area contributed by atoms with Crippen molar-refractivity contribution in [1.29, 1.82) is 0 Å². The van der Waals surface area contributed by atoms with Crippen LogP contribution in [-0.4, -0.2) is 53.6 Å². The number of esters is 1. The number of amides is 2. The number of nitrogens with zero attached hydrogens (tertiary/aromatic N) is 1. The van der Waals surface area contributed by atoms with Gasteiger partial charge in [-0.2, -0.15) is 0 Å². The van der Waals surface area contributed by atoms with E-state index in [-0.39, 0.29) is 24.7 Å². The summed E-state index contributed by atoms with van der Waals surface area (Å²) in [7, 11) is 0. The van der Waals surface area contributed by atoms with Gasteiger partial charge in [-0.25, -0.2) is 19.4 Å². The number of ether oxygens (including phenoxy) is 3. The van der Waals surface area contributed by atoms with Gasteiger partial charge in [-0.3, -0.25) is 10.6 Å². The van der Waals surface area contributed by atoms with E-state index in [1.807, 2.05) is 6.92 Å². The average molecular weight is 490 g/mol. The first-order valence-corrected chi connectivity index (χ1v) is 11.0. The Hall–Kier alpha value is -3.66. The third-order valence-electron chi connectivity index (χ3n) is 3.71. The van der Waals surface area contributed by atoms with Crippen molar-refractivity contribution in [2.45, 2.75) is 59.7 Å². The zero-order chi connectivity index (χ0) is 26.6. The number of carbonyl (C=O) groups excluding carboxylic acids is 3. The highest BCUT2D eigenvalue weighted by molar-refractivity contribution is 6.02. The van der Waals surface area contributed by atoms with Crippen LogP contribution in [0, 0.1) is 0 Å². The van der Waals surface area contributed by atoms with Gasteiger partial charge in [-0.15, -0.1) is 0 Å². The Balaban J connectivity index is 2.98. The molecule has 0 aromatic heterocycles. The van der Waals surface area contributed by atoms with E-state index in [0.29, 0.717) is 11.3 Å². The Bertz CT molecular complexity index is 934. The van der Waals surface area contributed by atoms with E-state index in [1.165, 1.54) is 24.3 Å². The monoisotopic (exact) mass is 489 g/mol. The number of aliphatic hydroxyl groups excluding tert-OH is 1. The maximum atomic E-state index is 12.2. The highest BCUT2D eigenvalue weighted by atomic mass is 16.6. The van der Waals surface area contributed by atoms with Gasteiger partial charge >= 0.3 is 18.2 Å². The molecule has 0 spiro atoms. The summed E-state index contributed by atoms with van der Waals surface area (Å²) < 4.78 is 15.6. The normalized spacial score (nSPS) is 12.1. The molecule has 0 saturated heterocycles. The van der Waals surface area contributed by atoms with Crippen LogP contribution in [0.15, 0.2) is 53.1 Å². The fourth-order valence-corrected chi connectivity index (χ4v) is 2.40. The van der Waals surface area contributed by atoms with Gasteiger partial charge in [0.05, 0.1) is 17.9 Å². The lowest BCUT2D eigenvalue weighted by molar-refractivity contribution is 0.0532. The van der Waals surface area contributed by atoms with Gasteiger partial charge < -0.3 is 19.3 Å². The zero-order valence-electron chi connectivity index (χ0n) is 21.3. The Labute approximate surface area is 206 Å². The van der Waals surface area contributed by atoms with Crippen molar-refractivity contribution < 1.29 is 33.7 Å². The Morgan fingerprint density at radius 1 is 0.943 bits per heavy atom. The number of carbonyl (C=O) groups is 3. The van der Waals surface area contributed by atoms with E-state index in [9.17, 15) is 19.5 Å². The van der Waals surface area contributed by atoms with Crippen LogP contribution in [0.25, 0.3) is 0 Å². The van der Waals surface area contributed by atoms with Gasteiger partial charge in [0.25, 0.3) is 0 Å². The number of rotatable bonds is 6. The van der Waals surface area contributed by atoms with Crippen molar-refractivity contribution >= 4 is 29.8 Å². The molecule has 2 amide bonds. The molecule has 0 saturated carbocycles. The highest BCUT2D eigenvalue weighted by Gasteiger charge is 2.21. The first kappa shape index (κ1) is 29.4. The molecular formula is C25H35N3O7. The zero-order valence-corrected chi connectivity index (χ0v) is 21.3. The summed E-state index contributed by atoms with van der Waals surface area (Å²) in [5.74, 6) is -0.775. The topological polar surface area (TPSA) is 136 Å². The second-order valence-electron chi connectivity index (χ2n) is 9.30. The number of benzene rings is 1. The van der Waals surface area contributed by atoms with Crippen molar-refractivity contribution in [2.75, 3.05) is 13.2 Å². The SMILES string of the molecule is C/C=C\C(=C/COC(=O)c1ccc(N=C(NC(=O)OC(C)(C)C)NC(=O)OC(C)(C)C)cc1)CO. The molecule has 35 heavy (non-hydrogen) atoms. The lowest BCUT2D eigenvalue weighted by Crippen LogP contribution is -2.47. The van der Waals surface area contributed by atoms with E-state index >= 15 is 0 Å². The first-order chi connectivity index (χ1) is 16.2. The molecule has 1 aromatic carbocycles. The van der Waals surface area contributed by atoms with Crippen LogP contribution in [0.2, 0.25) is 0 Å². The van der Waals surface area contributed by atoms with Crippen LogP contribution < -0.4 is 10.6 Å². The molecule has 0 heterocycles. The summed E-state index contributed by atoms with van der Waals surface area (Å²) >= 11 is 0. The number of allylic oxidation sites excluding steroid dienone is 1. The number of hydrogen-bond acceptors (Lipinski definition) is 8. The van der Waals surface area contributed by atoms with Gasteiger partial charge in [0.2, 0.25) is 5.96 Å². The first-order valence-electron chi connectivity index (χ1n) is 11.0. The summed E-state index contributed by atoms with van der Waals surface area (Å²) in [6.07, 6.45) is 3.45. The molecule has 3 N–H and O–H groups in total. The Morgan fingerprint density at radius 2 is 1.46 bits per heavy atom. The fourth-order valence-electron chi connectivity index (χ4n) is 2.40. The summed E-state index contributed by atoms with van der Waals surface area (Å²) in [4.78, 5) is 40.8. The van der Waals surface area contributed by atoms with Crippen molar-refractivity contribution in [1.82, 2.24) is 10.6 Å². The molecule has 0 atom stereocenters. The number of alkyl carbamates (subject to hydrolysis) is 2. The molecule has 10 nitrogen and oxygen atoms in total. The lowest BCUT2D eigenvalue weighted by Gasteiger charge is -2.22. The molecule has 1 aromatic rings. The lowest BCUT2D eigenvalue weighted by atomic mass is 10.2. The maximum absolute atomic E-state index is 12.2. The Morgan fingerprint density at radius 3 is 1.89 bits per heavy atom. The minimum Gasteiger partial charge on any atom is -0.458 e. The summed E-state index contributed by atoms with van der Waals surface area (Å²) in [5.41, 5.74) is -0.283. The highest BCUT2D eigenvalue weighted by Crippen LogP contribution is 2.15. The maximum Gasteiger partial charge on any atom is 0.414 e. The summed E-state index contributed by atoms with van der Waals surface area (Å²) in [5, 5.41) is 14.0. The third kappa shape index (κ3) is 13.0. The number of aliphatic imine (C=N–C) groups is 1. The van der Waals surface area contributed by atoms with Gasteiger partial charge in [0.1, 0.15) is 17.8 Å². The minimum atomic E-state index is -0.819. The quantitative estimate of drug-likeness (QED) is 0.177. The van der Waals surface area contributed by atoms with E-state index in [4.69, 9.17) is 14.2 Å². The Kier molecular flexibility index (Phi) is 11.1. The molecule has 0 aliphatic rings. The van der Waals surface area contributed by atoms with Gasteiger partial charge in [-0.1, -0.05) is 12.2 Å². The molecule has 0 bridgehead atoms. The average Bonchev–Trinajstić information content (AvgIpc) is 2.70. The predicted octanol–water partition coefficient (Wildman–Crippen LogP) is 4.38. The van der Waals surface area contributed by atoms with Crippen LogP contribution in [0.5, 0.6) is 0 Å². The number of hydrogen-bond donors (Lipinski definition) is 3. The van der Waals surface area contributed by atoms with Crippen molar-refractivity contribution in [3.05, 3.63) is 53.6 Å². The second kappa shape index (κ2) is 13.3. The minimum absolute atomic E-state index is 0.00271. The molecular weight excluding hydrogens is 454 g/mol. The summed E-state index contributed by atoms with van der Waals surface area (Å²) in [6.45, 7) is 11.8. The number of nitrogens with one attached hydrogen (secondary N) is 2. The van der Waals surface area contributed by atoms with Crippen LogP contribution >= 0.6 is 0 Å². The largest absolute Gasteiger partial charge is 0.458 e. The van der Waals surface area contributed by atoms with E-state index in [2.05, 4.69) is 15.6 Å². The van der Waals surface area contributed by atoms with Crippen molar-refractivity contribution in [3.8, 4) is 0 Å². The van der Waals surface area contributed by atoms with Gasteiger partial charge in [0, 0.05) is 0 Å². The smallest absolute Gasteiger partial charge is 0.414 e.